The zero-order valence-electron chi connectivity index (χ0n) is 12.8. The van der Waals surface area contributed by atoms with Gasteiger partial charge in [-0.25, -0.2) is 10.4 Å². The Kier molecular flexibility index (Phi) is 4.83. The van der Waals surface area contributed by atoms with Gasteiger partial charge in [-0.15, -0.1) is 0 Å². The molecule has 0 spiro atoms. The van der Waals surface area contributed by atoms with Crippen molar-refractivity contribution < 1.29 is 4.79 Å². The van der Waals surface area contributed by atoms with E-state index in [1.807, 2.05) is 35.9 Å². The van der Waals surface area contributed by atoms with E-state index in [9.17, 15) is 4.79 Å². The van der Waals surface area contributed by atoms with Gasteiger partial charge in [0.25, 0.3) is 0 Å². The predicted molar refractivity (Wildman–Crippen MR) is 96.6 cm³/mol. The van der Waals surface area contributed by atoms with E-state index in [2.05, 4.69) is 15.5 Å². The Morgan fingerprint density at radius 2 is 2.04 bits per heavy atom. The third-order valence-electron chi connectivity index (χ3n) is 3.57. The second kappa shape index (κ2) is 7.03. The molecule has 0 saturated carbocycles. The molecule has 1 aromatic heterocycles. The number of hydrogen-bond donors (Lipinski definition) is 1. The number of carbonyl (C=O) groups excluding carboxylic acids is 1. The number of fused-ring (bicyclic) bond motifs is 1. The molecule has 0 bridgehead atoms. The number of halogens is 2. The van der Waals surface area contributed by atoms with Crippen LogP contribution >= 0.6 is 23.2 Å². The van der Waals surface area contributed by atoms with Crippen molar-refractivity contribution in [3.05, 3.63) is 63.9 Å². The standard InChI is InChI=1S/C17H14Cl2N4O/c1-23-14-8-3-2-7-13(14)21-15(23)9-16(24)22-20-10-11-5-4-6-12(18)17(11)19/h2-8,10H,9H2,1H3,(H,22,24)/b20-10+. The summed E-state index contributed by atoms with van der Waals surface area (Å²) in [5.41, 5.74) is 4.94. The van der Waals surface area contributed by atoms with E-state index in [-0.39, 0.29) is 12.3 Å². The molecule has 0 atom stereocenters. The lowest BCUT2D eigenvalue weighted by molar-refractivity contribution is -0.120. The lowest BCUT2D eigenvalue weighted by atomic mass is 10.2. The summed E-state index contributed by atoms with van der Waals surface area (Å²) in [4.78, 5) is 16.5. The molecule has 0 saturated heterocycles. The molecule has 0 aliphatic heterocycles. The van der Waals surface area contributed by atoms with Crippen molar-refractivity contribution in [1.29, 1.82) is 0 Å². The number of imidazole rings is 1. The maximum absolute atomic E-state index is 12.0. The van der Waals surface area contributed by atoms with Crippen molar-refractivity contribution in [2.45, 2.75) is 6.42 Å². The number of hydrogen-bond acceptors (Lipinski definition) is 3. The largest absolute Gasteiger partial charge is 0.331 e. The fourth-order valence-corrected chi connectivity index (χ4v) is 2.69. The van der Waals surface area contributed by atoms with Gasteiger partial charge in [0.05, 0.1) is 33.7 Å². The summed E-state index contributed by atoms with van der Waals surface area (Å²) < 4.78 is 1.90. The van der Waals surface area contributed by atoms with Gasteiger partial charge in [-0.3, -0.25) is 4.79 Å². The van der Waals surface area contributed by atoms with Crippen LogP contribution in [0.4, 0.5) is 0 Å². The monoisotopic (exact) mass is 360 g/mol. The summed E-state index contributed by atoms with van der Waals surface area (Å²) in [7, 11) is 1.88. The Bertz CT molecular complexity index is 933. The van der Waals surface area contributed by atoms with E-state index in [0.717, 1.165) is 11.0 Å². The highest BCUT2D eigenvalue weighted by molar-refractivity contribution is 6.43. The van der Waals surface area contributed by atoms with E-state index in [0.29, 0.717) is 21.4 Å². The third-order valence-corrected chi connectivity index (χ3v) is 4.41. The number of rotatable bonds is 4. The summed E-state index contributed by atoms with van der Waals surface area (Å²) in [5.74, 6) is 0.410. The predicted octanol–water partition coefficient (Wildman–Crippen LogP) is 3.57. The molecule has 0 aliphatic carbocycles. The Morgan fingerprint density at radius 3 is 2.83 bits per heavy atom. The third kappa shape index (κ3) is 3.42. The van der Waals surface area contributed by atoms with Crippen LogP contribution in [0.1, 0.15) is 11.4 Å². The average molecular weight is 361 g/mol. The number of carbonyl (C=O) groups is 1. The summed E-state index contributed by atoms with van der Waals surface area (Å²) in [6.07, 6.45) is 1.59. The fourth-order valence-electron chi connectivity index (χ4n) is 2.33. The minimum absolute atomic E-state index is 0.131. The van der Waals surface area contributed by atoms with Crippen LogP contribution in [0.3, 0.4) is 0 Å². The summed E-state index contributed by atoms with van der Waals surface area (Å²) in [5, 5.41) is 4.75. The van der Waals surface area contributed by atoms with Crippen molar-refractivity contribution in [2.24, 2.45) is 12.1 Å². The van der Waals surface area contributed by atoms with Crippen LogP contribution in [0.2, 0.25) is 10.0 Å². The molecule has 1 amide bonds. The zero-order chi connectivity index (χ0) is 17.1. The van der Waals surface area contributed by atoms with Crippen molar-refractivity contribution in [2.75, 3.05) is 0 Å². The number of nitrogens with one attached hydrogen (secondary N) is 1. The van der Waals surface area contributed by atoms with Crippen LogP contribution < -0.4 is 5.43 Å². The molecule has 122 valence electrons. The van der Waals surface area contributed by atoms with E-state index in [4.69, 9.17) is 23.2 Å². The Hall–Kier alpha value is -2.37. The number of hydrazone groups is 1. The molecular formula is C17H14Cl2N4O. The van der Waals surface area contributed by atoms with Crippen molar-refractivity contribution in [3.8, 4) is 0 Å². The van der Waals surface area contributed by atoms with Crippen LogP contribution in [-0.2, 0) is 18.3 Å². The van der Waals surface area contributed by atoms with Crippen molar-refractivity contribution >= 4 is 46.4 Å². The lowest BCUT2D eigenvalue weighted by Crippen LogP contribution is -2.21. The quantitative estimate of drug-likeness (QED) is 0.571. The number of para-hydroxylation sites is 2. The van der Waals surface area contributed by atoms with Gasteiger partial charge in [0, 0.05) is 12.6 Å². The maximum atomic E-state index is 12.0. The van der Waals surface area contributed by atoms with Crippen molar-refractivity contribution in [1.82, 2.24) is 15.0 Å². The lowest BCUT2D eigenvalue weighted by Gasteiger charge is -2.02. The topological polar surface area (TPSA) is 59.3 Å². The molecule has 0 radical (unpaired) electrons. The van der Waals surface area contributed by atoms with Gasteiger partial charge in [-0.05, 0) is 18.2 Å². The zero-order valence-corrected chi connectivity index (χ0v) is 14.3. The molecule has 1 heterocycles. The molecular weight excluding hydrogens is 347 g/mol. The molecule has 5 nitrogen and oxygen atoms in total. The van der Waals surface area contributed by atoms with Gasteiger partial charge >= 0.3 is 0 Å². The van der Waals surface area contributed by atoms with Crippen LogP contribution in [0.25, 0.3) is 11.0 Å². The second-order valence-corrected chi connectivity index (χ2v) is 5.97. The maximum Gasteiger partial charge on any atom is 0.247 e. The van der Waals surface area contributed by atoms with E-state index in [1.165, 1.54) is 6.21 Å². The summed E-state index contributed by atoms with van der Waals surface area (Å²) in [6, 6.07) is 12.9. The summed E-state index contributed by atoms with van der Waals surface area (Å²) in [6.45, 7) is 0. The average Bonchev–Trinajstić information content (AvgIpc) is 2.88. The number of aryl methyl sites for hydroxylation is 1. The van der Waals surface area contributed by atoms with Crippen molar-refractivity contribution in [3.63, 3.8) is 0 Å². The molecule has 2 aromatic carbocycles. The number of amides is 1. The first kappa shape index (κ1) is 16.5. The molecule has 7 heteroatoms. The van der Waals surface area contributed by atoms with Gasteiger partial charge in [0.15, 0.2) is 0 Å². The van der Waals surface area contributed by atoms with Gasteiger partial charge in [0.2, 0.25) is 5.91 Å². The SMILES string of the molecule is Cn1c(CC(=O)N/N=C/c2cccc(Cl)c2Cl)nc2ccccc21. The second-order valence-electron chi connectivity index (χ2n) is 5.19. The first-order valence-corrected chi connectivity index (χ1v) is 7.98. The van der Waals surface area contributed by atoms with E-state index in [1.54, 1.807) is 18.2 Å². The highest BCUT2D eigenvalue weighted by Crippen LogP contribution is 2.24. The normalized spacial score (nSPS) is 11.3. The number of nitrogens with zero attached hydrogens (tertiary/aromatic N) is 3. The van der Waals surface area contributed by atoms with Crippen LogP contribution in [0.15, 0.2) is 47.6 Å². The van der Waals surface area contributed by atoms with Gasteiger partial charge < -0.3 is 4.57 Å². The van der Waals surface area contributed by atoms with Crippen LogP contribution in [0, 0.1) is 0 Å². The van der Waals surface area contributed by atoms with Gasteiger partial charge in [0.1, 0.15) is 5.82 Å². The number of aromatic nitrogens is 2. The van der Waals surface area contributed by atoms with Crippen LogP contribution in [0.5, 0.6) is 0 Å². The molecule has 0 fully saturated rings. The number of benzene rings is 2. The van der Waals surface area contributed by atoms with E-state index < -0.39 is 0 Å². The van der Waals surface area contributed by atoms with Gasteiger partial charge in [-0.1, -0.05) is 47.5 Å². The Labute approximate surface area is 148 Å². The summed E-state index contributed by atoms with van der Waals surface area (Å²) >= 11 is 12.0. The highest BCUT2D eigenvalue weighted by Gasteiger charge is 2.11. The first-order chi connectivity index (χ1) is 11.6. The highest BCUT2D eigenvalue weighted by atomic mass is 35.5. The van der Waals surface area contributed by atoms with E-state index >= 15 is 0 Å². The van der Waals surface area contributed by atoms with Gasteiger partial charge in [-0.2, -0.15) is 5.10 Å². The first-order valence-electron chi connectivity index (χ1n) is 7.22. The smallest absolute Gasteiger partial charge is 0.247 e. The minimum atomic E-state index is -0.261. The molecule has 24 heavy (non-hydrogen) atoms. The molecule has 0 unspecified atom stereocenters. The van der Waals surface area contributed by atoms with Crippen LogP contribution in [-0.4, -0.2) is 21.7 Å². The molecule has 3 rings (SSSR count). The fraction of sp³-hybridized carbons (Fsp3) is 0.118. The molecule has 0 aliphatic rings. The Balaban J connectivity index is 1.68. The Morgan fingerprint density at radius 1 is 1.25 bits per heavy atom. The molecule has 1 N–H and O–H groups in total. The minimum Gasteiger partial charge on any atom is -0.331 e. The molecule has 3 aromatic rings.